The summed E-state index contributed by atoms with van der Waals surface area (Å²) in [5.74, 6) is 0.931. The lowest BCUT2D eigenvalue weighted by atomic mass is 10.1. The first-order valence-electron chi connectivity index (χ1n) is 9.06. The SMILES string of the molecule is C=CCc1ccccc1OCc1ccc(C(=O)Nc2ccc([N+](=O)[O-])cc2OC)o1. The molecule has 0 fully saturated rings. The van der Waals surface area contributed by atoms with Gasteiger partial charge < -0.3 is 19.2 Å². The summed E-state index contributed by atoms with van der Waals surface area (Å²) in [6.07, 6.45) is 2.48. The fourth-order valence-electron chi connectivity index (χ4n) is 2.78. The number of carbonyl (C=O) groups is 1. The number of carbonyl (C=O) groups excluding carboxylic acids is 1. The number of allylic oxidation sites excluding steroid dienone is 1. The first-order valence-corrected chi connectivity index (χ1v) is 9.06. The molecule has 1 heterocycles. The first kappa shape index (κ1) is 20.7. The Labute approximate surface area is 172 Å². The van der Waals surface area contributed by atoms with Crippen LogP contribution in [0.25, 0.3) is 0 Å². The highest BCUT2D eigenvalue weighted by molar-refractivity contribution is 6.03. The highest BCUT2D eigenvalue weighted by Gasteiger charge is 2.17. The number of nitrogens with zero attached hydrogens (tertiary/aromatic N) is 1. The minimum Gasteiger partial charge on any atom is -0.494 e. The van der Waals surface area contributed by atoms with Gasteiger partial charge in [0.25, 0.3) is 11.6 Å². The first-order chi connectivity index (χ1) is 14.5. The molecule has 0 saturated carbocycles. The van der Waals surface area contributed by atoms with Gasteiger partial charge in [0.1, 0.15) is 23.9 Å². The van der Waals surface area contributed by atoms with Gasteiger partial charge in [0.15, 0.2) is 5.76 Å². The highest BCUT2D eigenvalue weighted by atomic mass is 16.6. The van der Waals surface area contributed by atoms with E-state index in [9.17, 15) is 14.9 Å². The maximum Gasteiger partial charge on any atom is 0.291 e. The van der Waals surface area contributed by atoms with Crippen molar-refractivity contribution in [2.24, 2.45) is 0 Å². The monoisotopic (exact) mass is 408 g/mol. The van der Waals surface area contributed by atoms with Crippen molar-refractivity contribution < 1.29 is 23.6 Å². The molecule has 0 bridgehead atoms. The number of benzene rings is 2. The molecule has 3 aromatic rings. The molecule has 0 atom stereocenters. The van der Waals surface area contributed by atoms with Crippen LogP contribution < -0.4 is 14.8 Å². The van der Waals surface area contributed by atoms with Crippen molar-refractivity contribution in [3.8, 4) is 11.5 Å². The maximum absolute atomic E-state index is 12.5. The Morgan fingerprint density at radius 3 is 2.73 bits per heavy atom. The van der Waals surface area contributed by atoms with Crippen molar-refractivity contribution in [2.75, 3.05) is 12.4 Å². The summed E-state index contributed by atoms with van der Waals surface area (Å²) in [6.45, 7) is 3.89. The zero-order chi connectivity index (χ0) is 21.5. The second-order valence-corrected chi connectivity index (χ2v) is 6.25. The van der Waals surface area contributed by atoms with Crippen molar-refractivity contribution in [3.63, 3.8) is 0 Å². The van der Waals surface area contributed by atoms with Gasteiger partial charge in [0.2, 0.25) is 0 Å². The lowest BCUT2D eigenvalue weighted by Crippen LogP contribution is -2.12. The number of ether oxygens (including phenoxy) is 2. The molecule has 0 saturated heterocycles. The quantitative estimate of drug-likeness (QED) is 0.311. The molecule has 1 amide bonds. The van der Waals surface area contributed by atoms with Crippen LogP contribution in [0.15, 0.2) is 71.7 Å². The fourth-order valence-corrected chi connectivity index (χ4v) is 2.78. The largest absolute Gasteiger partial charge is 0.494 e. The van der Waals surface area contributed by atoms with Crippen molar-refractivity contribution in [2.45, 2.75) is 13.0 Å². The predicted molar refractivity (Wildman–Crippen MR) is 111 cm³/mol. The number of furan rings is 1. The van der Waals surface area contributed by atoms with Gasteiger partial charge in [0, 0.05) is 6.07 Å². The standard InChI is InChI=1S/C22H20N2O6/c1-3-6-15-7-4-5-8-19(15)29-14-17-10-12-20(30-17)22(25)23-18-11-9-16(24(26)27)13-21(18)28-2/h3-5,7-13H,1,6,14H2,2H3,(H,23,25). The van der Waals surface area contributed by atoms with Gasteiger partial charge in [-0.1, -0.05) is 24.3 Å². The van der Waals surface area contributed by atoms with Crippen LogP contribution >= 0.6 is 0 Å². The normalized spacial score (nSPS) is 10.3. The van der Waals surface area contributed by atoms with E-state index in [0.29, 0.717) is 17.9 Å². The van der Waals surface area contributed by atoms with Crippen LogP contribution in [0, 0.1) is 10.1 Å². The van der Waals surface area contributed by atoms with Crippen molar-refractivity contribution in [1.82, 2.24) is 0 Å². The molecule has 0 spiro atoms. The van der Waals surface area contributed by atoms with E-state index in [-0.39, 0.29) is 23.8 Å². The third kappa shape index (κ3) is 4.85. The Kier molecular flexibility index (Phi) is 6.49. The summed E-state index contributed by atoms with van der Waals surface area (Å²) in [4.78, 5) is 22.8. The van der Waals surface area contributed by atoms with Crippen LogP contribution in [0.5, 0.6) is 11.5 Å². The average Bonchev–Trinajstić information content (AvgIpc) is 3.22. The number of hydrogen-bond donors (Lipinski definition) is 1. The number of nitro benzene ring substituents is 1. The molecular formula is C22H20N2O6. The third-order valence-corrected chi connectivity index (χ3v) is 4.24. The molecule has 8 heteroatoms. The van der Waals surface area contributed by atoms with Gasteiger partial charge in [-0.25, -0.2) is 0 Å². The summed E-state index contributed by atoms with van der Waals surface area (Å²) in [6, 6.07) is 14.7. The zero-order valence-corrected chi connectivity index (χ0v) is 16.3. The Balaban J connectivity index is 1.67. The zero-order valence-electron chi connectivity index (χ0n) is 16.3. The van der Waals surface area contributed by atoms with Gasteiger partial charge in [-0.3, -0.25) is 14.9 Å². The van der Waals surface area contributed by atoms with Crippen LogP contribution in [0.2, 0.25) is 0 Å². The smallest absolute Gasteiger partial charge is 0.291 e. The van der Waals surface area contributed by atoms with Gasteiger partial charge in [-0.15, -0.1) is 6.58 Å². The Morgan fingerprint density at radius 1 is 1.20 bits per heavy atom. The van der Waals surface area contributed by atoms with Crippen LogP contribution in [0.1, 0.15) is 21.9 Å². The van der Waals surface area contributed by atoms with E-state index in [1.165, 1.54) is 31.4 Å². The molecule has 2 aromatic carbocycles. The maximum atomic E-state index is 12.5. The van der Waals surface area contributed by atoms with Crippen molar-refractivity contribution >= 4 is 17.3 Å². The van der Waals surface area contributed by atoms with Crippen LogP contribution in [-0.2, 0) is 13.0 Å². The minimum atomic E-state index is -0.542. The predicted octanol–water partition coefficient (Wildman–Crippen LogP) is 4.76. The van der Waals surface area contributed by atoms with Gasteiger partial charge >= 0.3 is 0 Å². The molecular weight excluding hydrogens is 388 g/mol. The Morgan fingerprint density at radius 2 is 2.00 bits per heavy atom. The van der Waals surface area contributed by atoms with E-state index in [4.69, 9.17) is 13.9 Å². The molecule has 1 N–H and O–H groups in total. The fraction of sp³-hybridized carbons (Fsp3) is 0.136. The number of non-ortho nitro benzene ring substituents is 1. The molecule has 30 heavy (non-hydrogen) atoms. The number of anilines is 1. The third-order valence-electron chi connectivity index (χ3n) is 4.24. The van der Waals surface area contributed by atoms with E-state index in [1.54, 1.807) is 12.1 Å². The number of para-hydroxylation sites is 1. The van der Waals surface area contributed by atoms with Crippen molar-refractivity contribution in [1.29, 1.82) is 0 Å². The number of methoxy groups -OCH3 is 1. The molecule has 0 aliphatic rings. The number of nitrogens with one attached hydrogen (secondary N) is 1. The van der Waals surface area contributed by atoms with E-state index in [1.807, 2.05) is 24.3 Å². The molecule has 1 aromatic heterocycles. The van der Waals surface area contributed by atoms with Crippen LogP contribution in [0.3, 0.4) is 0 Å². The second-order valence-electron chi connectivity index (χ2n) is 6.25. The van der Waals surface area contributed by atoms with Gasteiger partial charge in [-0.2, -0.15) is 0 Å². The lowest BCUT2D eigenvalue weighted by Gasteiger charge is -2.09. The van der Waals surface area contributed by atoms with E-state index in [0.717, 1.165) is 11.3 Å². The number of amides is 1. The topological polar surface area (TPSA) is 104 Å². The Hall–Kier alpha value is -4.07. The summed E-state index contributed by atoms with van der Waals surface area (Å²) < 4.78 is 16.5. The summed E-state index contributed by atoms with van der Waals surface area (Å²) in [7, 11) is 1.36. The van der Waals surface area contributed by atoms with Gasteiger partial charge in [-0.05, 0) is 36.2 Å². The van der Waals surface area contributed by atoms with Crippen molar-refractivity contribution in [3.05, 3.63) is 94.5 Å². The van der Waals surface area contributed by atoms with E-state index in [2.05, 4.69) is 11.9 Å². The van der Waals surface area contributed by atoms with E-state index < -0.39 is 10.8 Å². The Bertz CT molecular complexity index is 1070. The number of nitro groups is 1. The average molecular weight is 408 g/mol. The summed E-state index contributed by atoms with van der Waals surface area (Å²) in [5.41, 5.74) is 1.15. The molecule has 0 aliphatic carbocycles. The molecule has 8 nitrogen and oxygen atoms in total. The summed E-state index contributed by atoms with van der Waals surface area (Å²) in [5, 5.41) is 13.5. The molecule has 0 unspecified atom stereocenters. The summed E-state index contributed by atoms with van der Waals surface area (Å²) >= 11 is 0. The second kappa shape index (κ2) is 9.42. The van der Waals surface area contributed by atoms with Crippen LogP contribution in [0.4, 0.5) is 11.4 Å². The van der Waals surface area contributed by atoms with Crippen LogP contribution in [-0.4, -0.2) is 17.9 Å². The minimum absolute atomic E-state index is 0.0772. The molecule has 3 rings (SSSR count). The molecule has 0 aliphatic heterocycles. The molecule has 154 valence electrons. The van der Waals surface area contributed by atoms with E-state index >= 15 is 0 Å². The highest BCUT2D eigenvalue weighted by Crippen LogP contribution is 2.29. The number of rotatable bonds is 9. The lowest BCUT2D eigenvalue weighted by molar-refractivity contribution is -0.384. The molecule has 0 radical (unpaired) electrons. The van der Waals surface area contributed by atoms with Gasteiger partial charge in [0.05, 0.1) is 23.8 Å². The number of hydrogen-bond acceptors (Lipinski definition) is 6.